The predicted molar refractivity (Wildman–Crippen MR) is 75.7 cm³/mol. The second-order valence-corrected chi connectivity index (χ2v) is 6.81. The number of piperidine rings is 1. The Bertz CT molecular complexity index is 247. The van der Waals surface area contributed by atoms with Crippen LogP contribution >= 0.6 is 0 Å². The van der Waals surface area contributed by atoms with Crippen LogP contribution in [0.1, 0.15) is 51.9 Å². The van der Waals surface area contributed by atoms with Crippen molar-refractivity contribution < 1.29 is 5.11 Å². The van der Waals surface area contributed by atoms with Gasteiger partial charge in [-0.15, -0.1) is 0 Å². The molecule has 0 aromatic carbocycles. The Morgan fingerprint density at radius 3 is 2.22 bits per heavy atom. The third-order valence-corrected chi connectivity index (χ3v) is 5.36. The number of aliphatic hydroxyl groups excluding tert-OH is 1. The van der Waals surface area contributed by atoms with Crippen LogP contribution in [-0.2, 0) is 0 Å². The highest BCUT2D eigenvalue weighted by Gasteiger charge is 2.36. The van der Waals surface area contributed by atoms with Crippen molar-refractivity contribution in [1.29, 1.82) is 0 Å². The normalized spacial score (nSPS) is 28.2. The second-order valence-electron chi connectivity index (χ2n) is 6.81. The first-order valence-corrected chi connectivity index (χ1v) is 7.64. The third kappa shape index (κ3) is 3.25. The van der Waals surface area contributed by atoms with Gasteiger partial charge in [0.25, 0.3) is 0 Å². The predicted octanol–water partition coefficient (Wildman–Crippen LogP) is 2.00. The minimum absolute atomic E-state index is 0.142. The lowest BCUT2D eigenvalue weighted by atomic mass is 9.68. The number of aliphatic hydroxyl groups is 1. The van der Waals surface area contributed by atoms with E-state index in [0.29, 0.717) is 5.41 Å². The minimum Gasteiger partial charge on any atom is -0.394 e. The van der Waals surface area contributed by atoms with Crippen molar-refractivity contribution in [3.63, 3.8) is 0 Å². The molecule has 2 aliphatic rings. The van der Waals surface area contributed by atoms with Gasteiger partial charge in [0.1, 0.15) is 0 Å². The van der Waals surface area contributed by atoms with Gasteiger partial charge in [-0.05, 0) is 58.2 Å². The summed E-state index contributed by atoms with van der Waals surface area (Å²) in [5.74, 6) is 0. The Hall–Kier alpha value is -0.120. The van der Waals surface area contributed by atoms with E-state index >= 15 is 0 Å². The van der Waals surface area contributed by atoms with Gasteiger partial charge < -0.3 is 15.3 Å². The van der Waals surface area contributed by atoms with Crippen LogP contribution in [0.4, 0.5) is 0 Å². The summed E-state index contributed by atoms with van der Waals surface area (Å²) in [5, 5.41) is 12.7. The molecule has 1 heterocycles. The third-order valence-electron chi connectivity index (χ3n) is 5.36. The van der Waals surface area contributed by atoms with Crippen LogP contribution in [0.25, 0.3) is 0 Å². The average molecular weight is 254 g/mol. The molecule has 1 aliphatic carbocycles. The van der Waals surface area contributed by atoms with Gasteiger partial charge in [-0.1, -0.05) is 19.3 Å². The molecule has 2 fully saturated rings. The Morgan fingerprint density at radius 1 is 1.11 bits per heavy atom. The second kappa shape index (κ2) is 5.89. The molecule has 0 radical (unpaired) electrons. The van der Waals surface area contributed by atoms with E-state index in [9.17, 15) is 5.11 Å². The van der Waals surface area contributed by atoms with E-state index in [4.69, 9.17) is 0 Å². The maximum atomic E-state index is 9.47. The summed E-state index contributed by atoms with van der Waals surface area (Å²) >= 11 is 0. The van der Waals surface area contributed by atoms with E-state index in [1.54, 1.807) is 0 Å². The summed E-state index contributed by atoms with van der Waals surface area (Å²) in [6, 6.07) is 0. The number of hydrogen-bond donors (Lipinski definition) is 2. The molecule has 2 rings (SSSR count). The average Bonchev–Trinajstić information content (AvgIpc) is 2.43. The lowest BCUT2D eigenvalue weighted by molar-refractivity contribution is 0.0436. The Balaban J connectivity index is 1.82. The fourth-order valence-corrected chi connectivity index (χ4v) is 3.69. The molecular formula is C15H30N2O. The summed E-state index contributed by atoms with van der Waals surface area (Å²) in [6.45, 7) is 5.73. The number of nitrogens with one attached hydrogen (secondary N) is 1. The molecule has 3 nitrogen and oxygen atoms in total. The van der Waals surface area contributed by atoms with Crippen LogP contribution in [-0.4, -0.2) is 48.8 Å². The first kappa shape index (κ1) is 14.3. The molecule has 106 valence electrons. The molecule has 3 heteroatoms. The number of hydrogen-bond acceptors (Lipinski definition) is 3. The van der Waals surface area contributed by atoms with E-state index in [2.05, 4.69) is 17.1 Å². The number of likely N-dealkylation sites (tertiary alicyclic amines) is 1. The van der Waals surface area contributed by atoms with Crippen molar-refractivity contribution in [3.8, 4) is 0 Å². The van der Waals surface area contributed by atoms with Gasteiger partial charge in [-0.3, -0.25) is 0 Å². The molecule has 0 aromatic rings. The zero-order valence-electron chi connectivity index (χ0n) is 12.2. The zero-order chi connectivity index (χ0) is 13.1. The van der Waals surface area contributed by atoms with Gasteiger partial charge in [0.2, 0.25) is 0 Å². The largest absolute Gasteiger partial charge is 0.394 e. The maximum absolute atomic E-state index is 9.47. The fraction of sp³-hybridized carbons (Fsp3) is 1.00. The number of rotatable bonds is 4. The van der Waals surface area contributed by atoms with Gasteiger partial charge >= 0.3 is 0 Å². The molecule has 1 spiro atoms. The van der Waals surface area contributed by atoms with Gasteiger partial charge in [-0.2, -0.15) is 0 Å². The lowest BCUT2D eigenvalue weighted by Gasteiger charge is -2.46. The Kier molecular flexibility index (Phi) is 4.68. The standard InChI is InChI=1S/C15H30N2O/c1-14(13-18,16-2)12-17-10-8-15(9-11-17)6-4-3-5-7-15/h16,18H,3-13H2,1-2H3. The summed E-state index contributed by atoms with van der Waals surface area (Å²) in [5.41, 5.74) is 0.543. The molecule has 1 saturated carbocycles. The van der Waals surface area contributed by atoms with E-state index in [0.717, 1.165) is 6.54 Å². The topological polar surface area (TPSA) is 35.5 Å². The van der Waals surface area contributed by atoms with Crippen LogP contribution in [0.3, 0.4) is 0 Å². The quantitative estimate of drug-likeness (QED) is 0.805. The number of nitrogens with zero attached hydrogens (tertiary/aromatic N) is 1. The van der Waals surface area contributed by atoms with E-state index in [1.807, 2.05) is 7.05 Å². The van der Waals surface area contributed by atoms with E-state index in [1.165, 1.54) is 58.0 Å². The van der Waals surface area contributed by atoms with Crippen molar-refractivity contribution >= 4 is 0 Å². The molecule has 0 bridgehead atoms. The Morgan fingerprint density at radius 2 is 1.72 bits per heavy atom. The summed E-state index contributed by atoms with van der Waals surface area (Å²) in [6.07, 6.45) is 10.0. The molecule has 0 aromatic heterocycles. The Labute approximate surface area is 112 Å². The molecule has 1 unspecified atom stereocenters. The summed E-state index contributed by atoms with van der Waals surface area (Å²) < 4.78 is 0. The monoisotopic (exact) mass is 254 g/mol. The summed E-state index contributed by atoms with van der Waals surface area (Å²) in [7, 11) is 1.95. The van der Waals surface area contributed by atoms with Crippen LogP contribution in [0.15, 0.2) is 0 Å². The van der Waals surface area contributed by atoms with Crippen LogP contribution in [0.5, 0.6) is 0 Å². The van der Waals surface area contributed by atoms with Crippen molar-refractivity contribution in [1.82, 2.24) is 10.2 Å². The van der Waals surface area contributed by atoms with Crippen molar-refractivity contribution in [2.45, 2.75) is 57.4 Å². The van der Waals surface area contributed by atoms with Gasteiger partial charge in [0.05, 0.1) is 12.1 Å². The number of likely N-dealkylation sites (N-methyl/N-ethyl adjacent to an activating group) is 1. The van der Waals surface area contributed by atoms with Crippen LogP contribution in [0, 0.1) is 5.41 Å². The van der Waals surface area contributed by atoms with Gasteiger partial charge in [0.15, 0.2) is 0 Å². The molecule has 0 amide bonds. The highest BCUT2D eigenvalue weighted by molar-refractivity contribution is 4.91. The van der Waals surface area contributed by atoms with Crippen molar-refractivity contribution in [3.05, 3.63) is 0 Å². The maximum Gasteiger partial charge on any atom is 0.0623 e. The molecule has 1 atom stereocenters. The molecular weight excluding hydrogens is 224 g/mol. The first-order valence-electron chi connectivity index (χ1n) is 7.64. The first-order chi connectivity index (χ1) is 8.61. The SMILES string of the molecule is CNC(C)(CO)CN1CCC2(CCCCC2)CC1. The van der Waals surface area contributed by atoms with E-state index < -0.39 is 0 Å². The van der Waals surface area contributed by atoms with E-state index in [-0.39, 0.29) is 12.1 Å². The fourth-order valence-electron chi connectivity index (χ4n) is 3.69. The minimum atomic E-state index is -0.142. The van der Waals surface area contributed by atoms with Crippen LogP contribution < -0.4 is 5.32 Å². The van der Waals surface area contributed by atoms with Crippen molar-refractivity contribution in [2.24, 2.45) is 5.41 Å². The molecule has 2 N–H and O–H groups in total. The van der Waals surface area contributed by atoms with Gasteiger partial charge in [-0.25, -0.2) is 0 Å². The smallest absolute Gasteiger partial charge is 0.0623 e. The molecule has 18 heavy (non-hydrogen) atoms. The van der Waals surface area contributed by atoms with Gasteiger partial charge in [0, 0.05) is 6.54 Å². The van der Waals surface area contributed by atoms with Crippen LogP contribution in [0.2, 0.25) is 0 Å². The molecule has 1 saturated heterocycles. The highest BCUT2D eigenvalue weighted by Crippen LogP contribution is 2.44. The van der Waals surface area contributed by atoms with Crippen molar-refractivity contribution in [2.75, 3.05) is 33.3 Å². The molecule has 1 aliphatic heterocycles. The summed E-state index contributed by atoms with van der Waals surface area (Å²) in [4.78, 5) is 2.53. The lowest BCUT2D eigenvalue weighted by Crippen LogP contribution is -2.54. The highest BCUT2D eigenvalue weighted by atomic mass is 16.3. The zero-order valence-corrected chi connectivity index (χ0v) is 12.2.